The lowest BCUT2D eigenvalue weighted by Crippen LogP contribution is -2.13. The lowest BCUT2D eigenvalue weighted by Gasteiger charge is -2.03. The highest BCUT2D eigenvalue weighted by Gasteiger charge is 2.08. The molecule has 0 radical (unpaired) electrons. The van der Waals surface area contributed by atoms with Crippen LogP contribution >= 0.6 is 0 Å². The summed E-state index contributed by atoms with van der Waals surface area (Å²) in [7, 11) is 0. The Bertz CT molecular complexity index is 473. The number of rotatable bonds is 3. The van der Waals surface area contributed by atoms with Crippen molar-refractivity contribution in [3.05, 3.63) is 29.8 Å². The van der Waals surface area contributed by atoms with Crippen molar-refractivity contribution in [2.75, 3.05) is 18.1 Å². The summed E-state index contributed by atoms with van der Waals surface area (Å²) in [6, 6.07) is 7.84. The van der Waals surface area contributed by atoms with Gasteiger partial charge in [-0.2, -0.15) is 0 Å². The number of aromatic nitrogens is 3. The molecule has 0 aliphatic rings. The molecule has 2 rings (SSSR count). The van der Waals surface area contributed by atoms with Gasteiger partial charge in [-0.3, -0.25) is 0 Å². The van der Waals surface area contributed by atoms with Crippen LogP contribution in [0.5, 0.6) is 0 Å². The van der Waals surface area contributed by atoms with Gasteiger partial charge < -0.3 is 17.3 Å². The molecule has 0 saturated carbocycles. The third-order valence-electron chi connectivity index (χ3n) is 2.37. The second-order valence-electron chi connectivity index (χ2n) is 3.49. The highest BCUT2D eigenvalue weighted by molar-refractivity contribution is 5.57. The van der Waals surface area contributed by atoms with Crippen LogP contribution in [0.2, 0.25) is 0 Å². The van der Waals surface area contributed by atoms with Crippen molar-refractivity contribution in [3.8, 4) is 11.4 Å². The Hall–Kier alpha value is -2.08. The molecule has 0 spiro atoms. The van der Waals surface area contributed by atoms with Crippen molar-refractivity contribution < 1.29 is 0 Å². The molecule has 0 aliphatic carbocycles. The Balaban J connectivity index is 2.31. The molecule has 6 heteroatoms. The smallest absolute Gasteiger partial charge is 0.241 e. The van der Waals surface area contributed by atoms with E-state index in [4.69, 9.17) is 17.3 Å². The maximum Gasteiger partial charge on any atom is 0.241 e. The van der Waals surface area contributed by atoms with E-state index in [2.05, 4.69) is 10.2 Å². The first-order chi connectivity index (χ1) is 7.72. The largest absolute Gasteiger partial charge is 0.366 e. The van der Waals surface area contributed by atoms with Crippen LogP contribution in [0.15, 0.2) is 24.3 Å². The van der Waals surface area contributed by atoms with Crippen LogP contribution in [0.1, 0.15) is 5.56 Å². The Morgan fingerprint density at radius 3 is 2.31 bits per heavy atom. The number of benzene rings is 1. The van der Waals surface area contributed by atoms with Crippen LogP contribution in [0, 0.1) is 0 Å². The van der Waals surface area contributed by atoms with Gasteiger partial charge in [0.2, 0.25) is 5.95 Å². The van der Waals surface area contributed by atoms with Crippen molar-refractivity contribution in [2.45, 2.75) is 6.42 Å². The summed E-state index contributed by atoms with van der Waals surface area (Å²) >= 11 is 0. The highest BCUT2D eigenvalue weighted by atomic mass is 15.4. The summed E-state index contributed by atoms with van der Waals surface area (Å²) in [5.74, 6) is 6.43. The first kappa shape index (κ1) is 10.4. The van der Waals surface area contributed by atoms with E-state index in [1.165, 1.54) is 10.2 Å². The molecule has 0 fully saturated rings. The van der Waals surface area contributed by atoms with Gasteiger partial charge in [0.05, 0.1) is 0 Å². The molecule has 0 unspecified atom stereocenters. The molecular weight excluding hydrogens is 204 g/mol. The number of hydrogen-bond donors (Lipinski definition) is 3. The summed E-state index contributed by atoms with van der Waals surface area (Å²) < 4.78 is 1.26. The first-order valence-electron chi connectivity index (χ1n) is 4.97. The van der Waals surface area contributed by atoms with Crippen molar-refractivity contribution in [1.29, 1.82) is 0 Å². The number of nitrogen functional groups attached to an aromatic ring is 2. The zero-order valence-corrected chi connectivity index (χ0v) is 8.80. The van der Waals surface area contributed by atoms with Gasteiger partial charge in [-0.15, -0.1) is 10.2 Å². The molecular formula is C10H14N6. The Labute approximate surface area is 93.0 Å². The molecule has 0 amide bonds. The van der Waals surface area contributed by atoms with Crippen molar-refractivity contribution >= 4 is 5.95 Å². The summed E-state index contributed by atoms with van der Waals surface area (Å²) in [4.78, 5) is 0. The Kier molecular flexibility index (Phi) is 2.74. The van der Waals surface area contributed by atoms with Crippen molar-refractivity contribution in [1.82, 2.24) is 14.9 Å². The van der Waals surface area contributed by atoms with Crippen LogP contribution in [-0.4, -0.2) is 21.4 Å². The second-order valence-corrected chi connectivity index (χ2v) is 3.49. The lowest BCUT2D eigenvalue weighted by atomic mass is 10.1. The lowest BCUT2D eigenvalue weighted by molar-refractivity contribution is 0.968. The number of anilines is 1. The van der Waals surface area contributed by atoms with E-state index in [-0.39, 0.29) is 5.95 Å². The molecule has 1 aromatic carbocycles. The predicted octanol–water partition coefficient (Wildman–Crippen LogP) is -0.258. The monoisotopic (exact) mass is 218 g/mol. The van der Waals surface area contributed by atoms with Gasteiger partial charge >= 0.3 is 0 Å². The van der Waals surface area contributed by atoms with Crippen LogP contribution in [0.3, 0.4) is 0 Å². The summed E-state index contributed by atoms with van der Waals surface area (Å²) in [6.45, 7) is 0.638. The van der Waals surface area contributed by atoms with Gasteiger partial charge in [-0.05, 0) is 18.5 Å². The van der Waals surface area contributed by atoms with E-state index in [1.807, 2.05) is 24.3 Å². The summed E-state index contributed by atoms with van der Waals surface area (Å²) in [6.07, 6.45) is 0.859. The van der Waals surface area contributed by atoms with E-state index in [9.17, 15) is 0 Å². The van der Waals surface area contributed by atoms with E-state index in [1.54, 1.807) is 0 Å². The standard InChI is InChI=1S/C10H14N6/c11-6-5-7-1-3-8(4-2-7)9-14-15-10(12)16(9)13/h1-4H,5-6,11,13H2,(H2,12,15). The van der Waals surface area contributed by atoms with E-state index in [0.29, 0.717) is 12.4 Å². The Morgan fingerprint density at radius 2 is 1.81 bits per heavy atom. The van der Waals surface area contributed by atoms with Crippen LogP contribution in [0.25, 0.3) is 11.4 Å². The minimum Gasteiger partial charge on any atom is -0.366 e. The fraction of sp³-hybridized carbons (Fsp3) is 0.200. The SMILES string of the molecule is NCCc1ccc(-c2nnc(N)n2N)cc1. The zero-order chi connectivity index (χ0) is 11.5. The molecule has 1 aromatic heterocycles. The van der Waals surface area contributed by atoms with Gasteiger partial charge in [0, 0.05) is 5.56 Å². The minimum atomic E-state index is 0.195. The normalized spacial score (nSPS) is 10.6. The molecule has 84 valence electrons. The third-order valence-corrected chi connectivity index (χ3v) is 2.37. The fourth-order valence-corrected chi connectivity index (χ4v) is 1.49. The van der Waals surface area contributed by atoms with E-state index >= 15 is 0 Å². The predicted molar refractivity (Wildman–Crippen MR) is 62.8 cm³/mol. The van der Waals surface area contributed by atoms with Gasteiger partial charge in [0.1, 0.15) is 0 Å². The number of hydrogen-bond acceptors (Lipinski definition) is 5. The average molecular weight is 218 g/mol. The third kappa shape index (κ3) is 1.82. The molecule has 6 nitrogen and oxygen atoms in total. The van der Waals surface area contributed by atoms with Gasteiger partial charge in [0.15, 0.2) is 5.82 Å². The highest BCUT2D eigenvalue weighted by Crippen LogP contribution is 2.17. The van der Waals surface area contributed by atoms with Crippen molar-refractivity contribution in [3.63, 3.8) is 0 Å². The van der Waals surface area contributed by atoms with Crippen LogP contribution < -0.4 is 17.3 Å². The molecule has 1 heterocycles. The quantitative estimate of drug-likeness (QED) is 0.615. The molecule has 0 atom stereocenters. The molecule has 2 aromatic rings. The number of nitrogens with two attached hydrogens (primary N) is 3. The topological polar surface area (TPSA) is 109 Å². The van der Waals surface area contributed by atoms with E-state index in [0.717, 1.165) is 12.0 Å². The zero-order valence-electron chi connectivity index (χ0n) is 8.80. The fourth-order valence-electron chi connectivity index (χ4n) is 1.49. The molecule has 0 bridgehead atoms. The summed E-state index contributed by atoms with van der Waals surface area (Å²) in [5.41, 5.74) is 13.0. The molecule has 0 aliphatic heterocycles. The van der Waals surface area contributed by atoms with Gasteiger partial charge in [-0.25, -0.2) is 4.68 Å². The molecule has 0 saturated heterocycles. The van der Waals surface area contributed by atoms with Gasteiger partial charge in [-0.1, -0.05) is 24.3 Å². The second kappa shape index (κ2) is 4.19. The number of nitrogens with zero attached hydrogens (tertiary/aromatic N) is 3. The Morgan fingerprint density at radius 1 is 1.12 bits per heavy atom. The molecule has 6 N–H and O–H groups in total. The maximum atomic E-state index is 5.68. The first-order valence-corrected chi connectivity index (χ1v) is 4.97. The molecule has 16 heavy (non-hydrogen) atoms. The summed E-state index contributed by atoms with van der Waals surface area (Å²) in [5, 5.41) is 7.60. The van der Waals surface area contributed by atoms with Crippen LogP contribution in [-0.2, 0) is 6.42 Å². The van der Waals surface area contributed by atoms with Crippen LogP contribution in [0.4, 0.5) is 5.95 Å². The maximum absolute atomic E-state index is 5.68. The van der Waals surface area contributed by atoms with Gasteiger partial charge in [0.25, 0.3) is 0 Å². The van der Waals surface area contributed by atoms with E-state index < -0.39 is 0 Å². The average Bonchev–Trinajstić information content (AvgIpc) is 2.62. The van der Waals surface area contributed by atoms with Crippen molar-refractivity contribution in [2.24, 2.45) is 5.73 Å². The minimum absolute atomic E-state index is 0.195.